The van der Waals surface area contributed by atoms with Gasteiger partial charge in [0.05, 0.1) is 9.49 Å². The summed E-state index contributed by atoms with van der Waals surface area (Å²) in [5, 5.41) is 5.91. The van der Waals surface area contributed by atoms with E-state index in [1.807, 2.05) is 109 Å². The summed E-state index contributed by atoms with van der Waals surface area (Å²) in [6.45, 7) is 5.39. The van der Waals surface area contributed by atoms with Crippen LogP contribution in [0.3, 0.4) is 0 Å². The number of hydrogen-bond donors (Lipinski definition) is 2. The second-order valence-electron chi connectivity index (χ2n) is 15.5. The number of rotatable bonds is 16. The van der Waals surface area contributed by atoms with E-state index in [0.29, 0.717) is 0 Å². The third-order valence-corrected chi connectivity index (χ3v) is 13.6. The third kappa shape index (κ3) is 9.97. The maximum absolute atomic E-state index is 15.0. The molecule has 0 fully saturated rings. The summed E-state index contributed by atoms with van der Waals surface area (Å²) in [6.07, 6.45) is -0.643. The Bertz CT molecular complexity index is 2080. The molecular formula is C51H53N3O4S2. The Hall–Kier alpha value is -5.77. The molecule has 0 aromatic heterocycles. The molecule has 2 atom stereocenters. The summed E-state index contributed by atoms with van der Waals surface area (Å²) in [7, 11) is 3.15. The predicted octanol–water partition coefficient (Wildman–Crippen LogP) is 9.90. The van der Waals surface area contributed by atoms with Crippen molar-refractivity contribution < 1.29 is 19.1 Å². The minimum atomic E-state index is -1.04. The fourth-order valence-electron chi connectivity index (χ4n) is 7.40. The van der Waals surface area contributed by atoms with E-state index in [1.54, 1.807) is 58.4 Å². The van der Waals surface area contributed by atoms with Crippen molar-refractivity contribution in [1.82, 2.24) is 15.5 Å². The van der Waals surface area contributed by atoms with Crippen LogP contribution in [0.2, 0.25) is 0 Å². The lowest BCUT2D eigenvalue weighted by molar-refractivity contribution is -0.130. The van der Waals surface area contributed by atoms with Gasteiger partial charge in [0.25, 0.3) is 0 Å². The summed E-state index contributed by atoms with van der Waals surface area (Å²) in [4.78, 5) is 44.1. The number of thioether (sulfide) groups is 2. The van der Waals surface area contributed by atoms with E-state index in [1.165, 1.54) is 4.90 Å². The molecular weight excluding hydrogens is 783 g/mol. The highest BCUT2D eigenvalue weighted by Crippen LogP contribution is 2.50. The molecule has 6 aromatic rings. The van der Waals surface area contributed by atoms with E-state index in [0.717, 1.165) is 33.4 Å². The Labute approximate surface area is 363 Å². The van der Waals surface area contributed by atoms with Gasteiger partial charge in [0.1, 0.15) is 17.7 Å². The Morgan fingerprint density at radius 2 is 0.817 bits per heavy atom. The molecule has 7 nitrogen and oxygen atoms in total. The van der Waals surface area contributed by atoms with Crippen molar-refractivity contribution in [3.8, 4) is 0 Å². The van der Waals surface area contributed by atoms with Crippen LogP contribution in [0.4, 0.5) is 4.79 Å². The Balaban J connectivity index is 1.40. The average molecular weight is 836 g/mol. The van der Waals surface area contributed by atoms with Crippen LogP contribution in [-0.2, 0) is 23.8 Å². The minimum Gasteiger partial charge on any atom is -0.444 e. The molecule has 2 N–H and O–H groups in total. The average Bonchev–Trinajstić information content (AvgIpc) is 3.28. The van der Waals surface area contributed by atoms with Crippen molar-refractivity contribution in [2.24, 2.45) is 0 Å². The van der Waals surface area contributed by atoms with Gasteiger partial charge in [-0.1, -0.05) is 182 Å². The Morgan fingerprint density at radius 1 is 0.517 bits per heavy atom. The van der Waals surface area contributed by atoms with Gasteiger partial charge in [0.15, 0.2) is 0 Å². The zero-order valence-electron chi connectivity index (χ0n) is 34.8. The molecule has 0 saturated heterocycles. The predicted molar refractivity (Wildman–Crippen MR) is 247 cm³/mol. The number of carbonyl (C=O) groups is 3. The summed E-state index contributed by atoms with van der Waals surface area (Å²) in [5.41, 5.74) is 5.35. The second kappa shape index (κ2) is 20.0. The molecule has 0 saturated carbocycles. The second-order valence-corrected chi connectivity index (χ2v) is 17.9. The van der Waals surface area contributed by atoms with Crippen molar-refractivity contribution >= 4 is 41.4 Å². The van der Waals surface area contributed by atoms with Crippen LogP contribution in [-0.4, -0.2) is 66.1 Å². The number of ether oxygens (including phenoxy) is 1. The Kier molecular flexibility index (Phi) is 14.6. The quantitative estimate of drug-likeness (QED) is 0.0945. The van der Waals surface area contributed by atoms with Crippen LogP contribution in [0, 0.1) is 0 Å². The van der Waals surface area contributed by atoms with Gasteiger partial charge in [0.2, 0.25) is 11.8 Å². The lowest BCUT2D eigenvalue weighted by atomic mass is 9.84. The van der Waals surface area contributed by atoms with Crippen molar-refractivity contribution in [2.75, 3.05) is 25.6 Å². The summed E-state index contributed by atoms with van der Waals surface area (Å²) in [6, 6.07) is 59.3. The molecule has 0 aliphatic heterocycles. The smallest absolute Gasteiger partial charge is 0.410 e. The van der Waals surface area contributed by atoms with Gasteiger partial charge in [-0.25, -0.2) is 4.79 Å². The summed E-state index contributed by atoms with van der Waals surface area (Å²) >= 11 is 3.14. The van der Waals surface area contributed by atoms with Gasteiger partial charge < -0.3 is 15.4 Å². The topological polar surface area (TPSA) is 87.7 Å². The van der Waals surface area contributed by atoms with Crippen molar-refractivity contribution in [1.29, 1.82) is 0 Å². The molecule has 3 amide bonds. The lowest BCUT2D eigenvalue weighted by Crippen LogP contribution is -2.56. The molecule has 6 rings (SSSR count). The van der Waals surface area contributed by atoms with E-state index in [2.05, 4.69) is 83.4 Å². The van der Waals surface area contributed by atoms with Crippen LogP contribution >= 0.6 is 23.5 Å². The molecule has 0 spiro atoms. The zero-order chi connectivity index (χ0) is 42.6. The van der Waals surface area contributed by atoms with Crippen LogP contribution in [0.25, 0.3) is 0 Å². The standard InChI is InChI=1S/C51H53N3O4S2/c1-49(2,3)58-48(57)54(5)45(37-60-51(41-30-18-9-19-31-41,42-32-20-10-21-33-42)43-34-22-11-23-35-43)47(56)53-44(46(55)52-4)36-59-50(38-24-12-6-13-25-38,39-26-14-7-15-27-39)40-28-16-8-17-29-40/h6-35,44-45H,36-37H2,1-5H3,(H,52,55)(H,53,56)/t44-,45-/m0/s1. The number of hydrogen-bond acceptors (Lipinski definition) is 6. The van der Waals surface area contributed by atoms with E-state index < -0.39 is 39.2 Å². The largest absolute Gasteiger partial charge is 0.444 e. The van der Waals surface area contributed by atoms with Crippen LogP contribution in [0.5, 0.6) is 0 Å². The number of benzene rings is 6. The molecule has 9 heteroatoms. The van der Waals surface area contributed by atoms with Gasteiger partial charge in [-0.15, -0.1) is 23.5 Å². The number of carbonyl (C=O) groups excluding carboxylic acids is 3. The van der Waals surface area contributed by atoms with E-state index in [4.69, 9.17) is 4.74 Å². The molecule has 0 unspecified atom stereocenters. The monoisotopic (exact) mass is 835 g/mol. The molecule has 0 aliphatic rings. The molecule has 0 bridgehead atoms. The van der Waals surface area contributed by atoms with Gasteiger partial charge in [-0.05, 0) is 54.2 Å². The highest BCUT2D eigenvalue weighted by atomic mass is 32.2. The van der Waals surface area contributed by atoms with E-state index in [-0.39, 0.29) is 17.4 Å². The fraction of sp³-hybridized carbons (Fsp3) is 0.235. The molecule has 308 valence electrons. The first-order valence-corrected chi connectivity index (χ1v) is 22.1. The van der Waals surface area contributed by atoms with Crippen molar-refractivity contribution in [3.63, 3.8) is 0 Å². The maximum atomic E-state index is 15.0. The number of nitrogens with zero attached hydrogens (tertiary/aromatic N) is 1. The fourth-order valence-corrected chi connectivity index (χ4v) is 10.6. The van der Waals surface area contributed by atoms with Crippen LogP contribution in [0.1, 0.15) is 54.2 Å². The third-order valence-electron chi connectivity index (χ3n) is 10.3. The van der Waals surface area contributed by atoms with E-state index in [9.17, 15) is 14.4 Å². The van der Waals surface area contributed by atoms with Crippen LogP contribution < -0.4 is 10.6 Å². The van der Waals surface area contributed by atoms with Gasteiger partial charge >= 0.3 is 6.09 Å². The first-order valence-electron chi connectivity index (χ1n) is 20.1. The summed E-state index contributed by atoms with van der Waals surface area (Å²) < 4.78 is 4.34. The summed E-state index contributed by atoms with van der Waals surface area (Å²) in [5.74, 6) is -0.451. The van der Waals surface area contributed by atoms with Crippen molar-refractivity contribution in [2.45, 2.75) is 47.9 Å². The van der Waals surface area contributed by atoms with Crippen molar-refractivity contribution in [3.05, 3.63) is 215 Å². The molecule has 0 radical (unpaired) electrons. The minimum absolute atomic E-state index is 0.163. The molecule has 60 heavy (non-hydrogen) atoms. The number of nitrogens with one attached hydrogen (secondary N) is 2. The SMILES string of the molecule is CNC(=O)[C@H](CSC(c1ccccc1)(c1ccccc1)c1ccccc1)NC(=O)[C@H](CSC(c1ccccc1)(c1ccccc1)c1ccccc1)N(C)C(=O)OC(C)(C)C. The Morgan fingerprint density at radius 3 is 1.10 bits per heavy atom. The zero-order valence-corrected chi connectivity index (χ0v) is 36.4. The normalized spacial score (nSPS) is 12.8. The molecule has 0 heterocycles. The first-order chi connectivity index (χ1) is 29.0. The highest BCUT2D eigenvalue weighted by Gasteiger charge is 2.42. The van der Waals surface area contributed by atoms with Crippen LogP contribution in [0.15, 0.2) is 182 Å². The maximum Gasteiger partial charge on any atom is 0.410 e. The first kappa shape index (κ1) is 43.8. The van der Waals surface area contributed by atoms with Gasteiger partial charge in [-0.3, -0.25) is 14.5 Å². The lowest BCUT2D eigenvalue weighted by Gasteiger charge is -2.38. The molecule has 0 aliphatic carbocycles. The van der Waals surface area contributed by atoms with E-state index >= 15 is 0 Å². The number of likely N-dealkylation sites (N-methyl/N-ethyl adjacent to an activating group) is 2. The number of amides is 3. The molecule has 6 aromatic carbocycles. The van der Waals surface area contributed by atoms with Gasteiger partial charge in [-0.2, -0.15) is 0 Å². The van der Waals surface area contributed by atoms with Gasteiger partial charge in [0, 0.05) is 25.6 Å². The highest BCUT2D eigenvalue weighted by molar-refractivity contribution is 8.01.